The second kappa shape index (κ2) is 7.41. The molecular formula is C18H20N4O2S2. The first-order valence-corrected chi connectivity index (χ1v) is 10.7. The average molecular weight is 389 g/mol. The SMILES string of the molecule is C[C@@H](Sc1nnc(C2CC2)o1)C(=O)Nc1sc2c(c1C#N)CCCCC2. The zero-order valence-corrected chi connectivity index (χ0v) is 16.2. The lowest BCUT2D eigenvalue weighted by Crippen LogP contribution is -2.22. The summed E-state index contributed by atoms with van der Waals surface area (Å²) in [7, 11) is 0. The molecule has 2 heterocycles. The van der Waals surface area contributed by atoms with Crippen LogP contribution in [-0.2, 0) is 17.6 Å². The molecule has 1 fully saturated rings. The fourth-order valence-electron chi connectivity index (χ4n) is 3.13. The van der Waals surface area contributed by atoms with Gasteiger partial charge in [0.05, 0.1) is 10.8 Å². The highest BCUT2D eigenvalue weighted by atomic mass is 32.2. The molecule has 0 bridgehead atoms. The second-order valence-corrected chi connectivity index (χ2v) is 9.21. The van der Waals surface area contributed by atoms with Gasteiger partial charge in [0, 0.05) is 10.8 Å². The Hall–Kier alpha value is -1.85. The quantitative estimate of drug-likeness (QED) is 0.607. The number of anilines is 1. The van der Waals surface area contributed by atoms with E-state index in [2.05, 4.69) is 21.6 Å². The number of fused-ring (bicyclic) bond motifs is 1. The number of nitrogens with zero attached hydrogens (tertiary/aromatic N) is 3. The fraction of sp³-hybridized carbons (Fsp3) is 0.556. The van der Waals surface area contributed by atoms with Gasteiger partial charge in [0.25, 0.3) is 5.22 Å². The Labute approximate surface area is 160 Å². The molecule has 0 saturated heterocycles. The molecule has 1 amide bonds. The van der Waals surface area contributed by atoms with Gasteiger partial charge in [0.2, 0.25) is 11.8 Å². The molecule has 2 aliphatic carbocycles. The van der Waals surface area contributed by atoms with Crippen LogP contribution in [0.3, 0.4) is 0 Å². The molecule has 1 saturated carbocycles. The summed E-state index contributed by atoms with van der Waals surface area (Å²) in [5.41, 5.74) is 1.78. The lowest BCUT2D eigenvalue weighted by Gasteiger charge is -2.09. The predicted octanol–water partition coefficient (Wildman–Crippen LogP) is 4.27. The molecule has 0 radical (unpaired) electrons. The van der Waals surface area contributed by atoms with Crippen LogP contribution in [0.1, 0.15) is 66.8 Å². The molecule has 2 aromatic heterocycles. The number of nitrogens with one attached hydrogen (secondary N) is 1. The molecule has 0 aliphatic heterocycles. The topological polar surface area (TPSA) is 91.8 Å². The van der Waals surface area contributed by atoms with Gasteiger partial charge in [-0.05, 0) is 51.0 Å². The fourth-order valence-corrected chi connectivity index (χ4v) is 5.06. The first-order chi connectivity index (χ1) is 12.7. The van der Waals surface area contributed by atoms with Gasteiger partial charge in [-0.1, -0.05) is 18.2 Å². The minimum atomic E-state index is -0.379. The van der Waals surface area contributed by atoms with E-state index in [0.717, 1.165) is 44.1 Å². The van der Waals surface area contributed by atoms with Crippen LogP contribution in [0.2, 0.25) is 0 Å². The van der Waals surface area contributed by atoms with Gasteiger partial charge < -0.3 is 9.73 Å². The molecule has 2 aliphatic rings. The number of thiophene rings is 1. The summed E-state index contributed by atoms with van der Waals surface area (Å²) in [6.45, 7) is 1.81. The number of thioether (sulfide) groups is 1. The molecule has 0 spiro atoms. The summed E-state index contributed by atoms with van der Waals surface area (Å²) in [6, 6.07) is 2.30. The highest BCUT2D eigenvalue weighted by Gasteiger charge is 2.30. The van der Waals surface area contributed by atoms with Crippen LogP contribution < -0.4 is 5.32 Å². The Morgan fingerprint density at radius 1 is 1.35 bits per heavy atom. The van der Waals surface area contributed by atoms with Crippen molar-refractivity contribution in [3.8, 4) is 6.07 Å². The number of carbonyl (C=O) groups excluding carboxylic acids is 1. The van der Waals surface area contributed by atoms with E-state index in [4.69, 9.17) is 4.42 Å². The van der Waals surface area contributed by atoms with Gasteiger partial charge in [-0.15, -0.1) is 21.5 Å². The summed E-state index contributed by atoms with van der Waals surface area (Å²) >= 11 is 2.81. The average Bonchev–Trinajstić information content (AvgIpc) is 3.35. The highest BCUT2D eigenvalue weighted by Crippen LogP contribution is 2.40. The molecule has 26 heavy (non-hydrogen) atoms. The highest BCUT2D eigenvalue weighted by molar-refractivity contribution is 8.00. The van der Waals surface area contributed by atoms with Crippen molar-refractivity contribution in [3.63, 3.8) is 0 Å². The van der Waals surface area contributed by atoms with E-state index in [1.807, 2.05) is 6.92 Å². The molecular weight excluding hydrogens is 368 g/mol. The number of rotatable bonds is 5. The smallest absolute Gasteiger partial charge is 0.277 e. The third kappa shape index (κ3) is 3.64. The minimum Gasteiger partial charge on any atom is -0.416 e. The van der Waals surface area contributed by atoms with Crippen molar-refractivity contribution in [1.29, 1.82) is 5.26 Å². The van der Waals surface area contributed by atoms with E-state index in [9.17, 15) is 10.1 Å². The molecule has 1 N–H and O–H groups in total. The molecule has 0 aromatic carbocycles. The Morgan fingerprint density at radius 3 is 2.92 bits per heavy atom. The summed E-state index contributed by atoms with van der Waals surface area (Å²) in [5, 5.41) is 21.3. The van der Waals surface area contributed by atoms with Gasteiger partial charge in [-0.3, -0.25) is 4.79 Å². The molecule has 136 valence electrons. The Balaban J connectivity index is 1.44. The van der Waals surface area contributed by atoms with E-state index in [-0.39, 0.29) is 11.2 Å². The first-order valence-electron chi connectivity index (χ1n) is 9.01. The van der Waals surface area contributed by atoms with Crippen molar-refractivity contribution in [1.82, 2.24) is 10.2 Å². The van der Waals surface area contributed by atoms with Crippen molar-refractivity contribution in [2.24, 2.45) is 0 Å². The molecule has 8 heteroatoms. The monoisotopic (exact) mass is 388 g/mol. The van der Waals surface area contributed by atoms with Crippen LogP contribution in [0.15, 0.2) is 9.64 Å². The van der Waals surface area contributed by atoms with E-state index in [1.54, 1.807) is 11.3 Å². The summed E-state index contributed by atoms with van der Waals surface area (Å²) in [6.07, 6.45) is 7.60. The number of nitriles is 1. The maximum atomic E-state index is 12.6. The van der Waals surface area contributed by atoms with Crippen molar-refractivity contribution >= 4 is 34.0 Å². The van der Waals surface area contributed by atoms with Crippen molar-refractivity contribution in [2.75, 3.05) is 5.32 Å². The van der Waals surface area contributed by atoms with Gasteiger partial charge in [-0.25, -0.2) is 0 Å². The Kier molecular flexibility index (Phi) is 5.00. The third-order valence-electron chi connectivity index (χ3n) is 4.77. The van der Waals surface area contributed by atoms with Crippen LogP contribution in [0, 0.1) is 11.3 Å². The number of hydrogen-bond donors (Lipinski definition) is 1. The van der Waals surface area contributed by atoms with Gasteiger partial charge in [0.15, 0.2) is 0 Å². The Morgan fingerprint density at radius 2 is 2.15 bits per heavy atom. The zero-order valence-electron chi connectivity index (χ0n) is 14.6. The lowest BCUT2D eigenvalue weighted by atomic mass is 10.1. The van der Waals surface area contributed by atoms with E-state index >= 15 is 0 Å². The van der Waals surface area contributed by atoms with Crippen LogP contribution in [0.5, 0.6) is 0 Å². The van der Waals surface area contributed by atoms with Crippen LogP contribution >= 0.6 is 23.1 Å². The zero-order chi connectivity index (χ0) is 18.1. The minimum absolute atomic E-state index is 0.144. The normalized spacial score (nSPS) is 17.8. The molecule has 4 rings (SSSR count). The van der Waals surface area contributed by atoms with Crippen LogP contribution in [0.4, 0.5) is 5.00 Å². The molecule has 1 atom stereocenters. The lowest BCUT2D eigenvalue weighted by molar-refractivity contribution is -0.115. The number of amides is 1. The van der Waals surface area contributed by atoms with Gasteiger partial charge >= 0.3 is 0 Å². The maximum absolute atomic E-state index is 12.6. The van der Waals surface area contributed by atoms with Crippen molar-refractivity contribution < 1.29 is 9.21 Å². The Bertz CT molecular complexity index is 863. The van der Waals surface area contributed by atoms with E-state index < -0.39 is 0 Å². The third-order valence-corrected chi connectivity index (χ3v) is 6.91. The van der Waals surface area contributed by atoms with E-state index in [1.165, 1.54) is 23.1 Å². The van der Waals surface area contributed by atoms with Crippen molar-refractivity contribution in [2.45, 2.75) is 68.3 Å². The summed E-state index contributed by atoms with van der Waals surface area (Å²) < 4.78 is 5.61. The predicted molar refractivity (Wildman–Crippen MR) is 101 cm³/mol. The van der Waals surface area contributed by atoms with Gasteiger partial charge in [-0.2, -0.15) is 5.26 Å². The number of carbonyl (C=O) groups is 1. The van der Waals surface area contributed by atoms with Crippen LogP contribution in [0.25, 0.3) is 0 Å². The first kappa shape index (κ1) is 17.6. The number of aryl methyl sites for hydroxylation is 1. The number of hydrogen-bond acceptors (Lipinski definition) is 7. The van der Waals surface area contributed by atoms with E-state index in [0.29, 0.717) is 27.6 Å². The maximum Gasteiger partial charge on any atom is 0.277 e. The largest absolute Gasteiger partial charge is 0.416 e. The standard InChI is InChI=1S/C18H20N4O2S2/c1-10(25-18-22-21-16(24-18)11-7-8-11)15(23)20-17-13(9-19)12-5-3-2-4-6-14(12)26-17/h10-11H,2-8H2,1H3,(H,20,23)/t10-/m1/s1. The second-order valence-electron chi connectivity index (χ2n) is 6.81. The van der Waals surface area contributed by atoms with Gasteiger partial charge in [0.1, 0.15) is 11.1 Å². The van der Waals surface area contributed by atoms with Crippen LogP contribution in [-0.4, -0.2) is 21.4 Å². The summed E-state index contributed by atoms with van der Waals surface area (Å²) in [5.74, 6) is 0.934. The molecule has 0 unspecified atom stereocenters. The summed E-state index contributed by atoms with van der Waals surface area (Å²) in [4.78, 5) is 13.8. The van der Waals surface area contributed by atoms with Crippen molar-refractivity contribution in [3.05, 3.63) is 21.9 Å². The molecule has 2 aromatic rings. The molecule has 6 nitrogen and oxygen atoms in total. The number of aromatic nitrogens is 2.